The quantitative estimate of drug-likeness (QED) is 0.886. The molecule has 0 amide bonds. The van der Waals surface area contributed by atoms with Crippen LogP contribution in [0.15, 0.2) is 44.9 Å². The number of hydrazine groups is 1. The molecule has 0 aliphatic carbocycles. The maximum atomic E-state index is 6.20. The number of nitrogens with one attached hydrogen (secondary N) is 2. The lowest BCUT2D eigenvalue weighted by molar-refractivity contribution is 0.0786. The Labute approximate surface area is 145 Å². The molecular weight excluding hydrogens is 322 g/mol. The molecule has 0 unspecified atom stereocenters. The van der Waals surface area contributed by atoms with Gasteiger partial charge in [0.1, 0.15) is 5.69 Å². The SMILES string of the molecule is Cc1ccc(Sc2oc(C3CCOCC3)nc2C2=CNNC2)cc1. The standard InChI is InChI=1S/C18H21N3O2S/c1-12-2-4-15(5-3-12)24-18-16(14-10-19-20-11-14)21-17(23-18)13-6-8-22-9-7-13/h2-5,10,13,19-20H,6-9,11H2,1H3. The number of benzene rings is 1. The van der Waals surface area contributed by atoms with Gasteiger partial charge in [-0.2, -0.15) is 0 Å². The van der Waals surface area contributed by atoms with E-state index in [1.54, 1.807) is 11.8 Å². The van der Waals surface area contributed by atoms with Crippen molar-refractivity contribution < 1.29 is 9.15 Å². The van der Waals surface area contributed by atoms with E-state index in [9.17, 15) is 0 Å². The van der Waals surface area contributed by atoms with Crippen LogP contribution in [-0.4, -0.2) is 24.7 Å². The van der Waals surface area contributed by atoms with E-state index >= 15 is 0 Å². The molecule has 1 aromatic heterocycles. The van der Waals surface area contributed by atoms with Crippen LogP contribution in [0.1, 0.15) is 35.9 Å². The highest BCUT2D eigenvalue weighted by Gasteiger charge is 2.26. The first-order chi connectivity index (χ1) is 11.8. The summed E-state index contributed by atoms with van der Waals surface area (Å²) in [6.45, 7) is 4.42. The van der Waals surface area contributed by atoms with Gasteiger partial charge in [-0.05, 0) is 43.7 Å². The Hall–Kier alpha value is -1.76. The average molecular weight is 343 g/mol. The predicted octanol–water partition coefficient (Wildman–Crippen LogP) is 3.48. The lowest BCUT2D eigenvalue weighted by Gasteiger charge is -2.18. The first-order valence-corrected chi connectivity index (χ1v) is 9.12. The number of hydrogen-bond donors (Lipinski definition) is 2. The van der Waals surface area contributed by atoms with Gasteiger partial charge in [0.15, 0.2) is 11.0 Å². The molecule has 2 aromatic rings. The monoisotopic (exact) mass is 343 g/mol. The molecule has 2 aliphatic rings. The Morgan fingerprint density at radius 3 is 2.67 bits per heavy atom. The normalized spacial score (nSPS) is 18.5. The highest BCUT2D eigenvalue weighted by atomic mass is 32.2. The summed E-state index contributed by atoms with van der Waals surface area (Å²) in [7, 11) is 0. The van der Waals surface area contributed by atoms with Crippen LogP contribution in [0.5, 0.6) is 0 Å². The summed E-state index contributed by atoms with van der Waals surface area (Å²) >= 11 is 1.64. The fourth-order valence-electron chi connectivity index (χ4n) is 2.91. The Kier molecular flexibility index (Phi) is 4.60. The van der Waals surface area contributed by atoms with Gasteiger partial charge < -0.3 is 14.6 Å². The van der Waals surface area contributed by atoms with E-state index in [1.165, 1.54) is 5.56 Å². The number of ether oxygens (including phenoxy) is 1. The zero-order chi connectivity index (χ0) is 16.4. The molecule has 24 heavy (non-hydrogen) atoms. The van der Waals surface area contributed by atoms with Crippen LogP contribution >= 0.6 is 11.8 Å². The Morgan fingerprint density at radius 1 is 1.17 bits per heavy atom. The van der Waals surface area contributed by atoms with Crippen molar-refractivity contribution in [2.75, 3.05) is 19.8 Å². The molecule has 0 radical (unpaired) electrons. The van der Waals surface area contributed by atoms with Gasteiger partial charge >= 0.3 is 0 Å². The third kappa shape index (κ3) is 3.36. The van der Waals surface area contributed by atoms with Crippen molar-refractivity contribution in [3.05, 3.63) is 47.6 Å². The molecule has 126 valence electrons. The van der Waals surface area contributed by atoms with E-state index in [2.05, 4.69) is 42.0 Å². The lowest BCUT2D eigenvalue weighted by Crippen LogP contribution is -2.20. The molecule has 2 aliphatic heterocycles. The average Bonchev–Trinajstić information content (AvgIpc) is 3.27. The first kappa shape index (κ1) is 15.7. The molecule has 4 rings (SSSR count). The summed E-state index contributed by atoms with van der Waals surface area (Å²) in [5, 5.41) is 0.872. The zero-order valence-corrected chi connectivity index (χ0v) is 14.5. The molecule has 1 aromatic carbocycles. The van der Waals surface area contributed by atoms with Crippen LogP contribution in [0.2, 0.25) is 0 Å². The number of rotatable bonds is 4. The van der Waals surface area contributed by atoms with E-state index in [1.807, 2.05) is 6.20 Å². The fraction of sp³-hybridized carbons (Fsp3) is 0.389. The van der Waals surface area contributed by atoms with Crippen LogP contribution < -0.4 is 10.9 Å². The minimum atomic E-state index is 0.354. The maximum absolute atomic E-state index is 6.20. The van der Waals surface area contributed by atoms with E-state index < -0.39 is 0 Å². The van der Waals surface area contributed by atoms with Gasteiger partial charge in [-0.25, -0.2) is 10.4 Å². The molecule has 5 nitrogen and oxygen atoms in total. The molecule has 0 bridgehead atoms. The summed E-state index contributed by atoms with van der Waals surface area (Å²) in [6, 6.07) is 8.49. The van der Waals surface area contributed by atoms with Crippen LogP contribution in [-0.2, 0) is 4.74 Å². The molecule has 1 saturated heterocycles. The van der Waals surface area contributed by atoms with E-state index in [-0.39, 0.29) is 0 Å². The van der Waals surface area contributed by atoms with Gasteiger partial charge in [0.05, 0.1) is 0 Å². The van der Waals surface area contributed by atoms with Crippen molar-refractivity contribution in [1.82, 2.24) is 15.8 Å². The minimum Gasteiger partial charge on any atom is -0.433 e. The molecule has 3 heterocycles. The molecule has 1 fully saturated rings. The van der Waals surface area contributed by atoms with Crippen molar-refractivity contribution in [1.29, 1.82) is 0 Å². The predicted molar refractivity (Wildman–Crippen MR) is 93.7 cm³/mol. The van der Waals surface area contributed by atoms with Crippen LogP contribution in [0, 0.1) is 6.92 Å². The second-order valence-electron chi connectivity index (χ2n) is 6.16. The van der Waals surface area contributed by atoms with E-state index in [0.29, 0.717) is 5.92 Å². The maximum Gasteiger partial charge on any atom is 0.199 e. The van der Waals surface area contributed by atoms with Gasteiger partial charge in [0.2, 0.25) is 0 Å². The van der Waals surface area contributed by atoms with Gasteiger partial charge in [0.25, 0.3) is 0 Å². The lowest BCUT2D eigenvalue weighted by atomic mass is 10.0. The molecule has 0 spiro atoms. The second-order valence-corrected chi connectivity index (χ2v) is 7.20. The number of aromatic nitrogens is 1. The first-order valence-electron chi connectivity index (χ1n) is 8.30. The second kappa shape index (κ2) is 7.01. The topological polar surface area (TPSA) is 59.3 Å². The summed E-state index contributed by atoms with van der Waals surface area (Å²) in [6.07, 6.45) is 3.92. The van der Waals surface area contributed by atoms with Gasteiger partial charge in [-0.1, -0.05) is 17.7 Å². The number of hydrogen-bond acceptors (Lipinski definition) is 6. The minimum absolute atomic E-state index is 0.354. The van der Waals surface area contributed by atoms with Crippen LogP contribution in [0.25, 0.3) is 5.57 Å². The van der Waals surface area contributed by atoms with Gasteiger partial charge in [-0.15, -0.1) is 0 Å². The number of aryl methyl sites for hydroxylation is 1. The van der Waals surface area contributed by atoms with Crippen molar-refractivity contribution in [3.8, 4) is 0 Å². The largest absolute Gasteiger partial charge is 0.433 e. The highest BCUT2D eigenvalue weighted by Crippen LogP contribution is 2.38. The van der Waals surface area contributed by atoms with Gasteiger partial charge in [0, 0.05) is 42.3 Å². The summed E-state index contributed by atoms with van der Waals surface area (Å²) < 4.78 is 11.7. The Bertz CT molecular complexity index is 733. The Balaban J connectivity index is 1.64. The van der Waals surface area contributed by atoms with E-state index in [0.717, 1.165) is 59.7 Å². The molecular formula is C18H21N3O2S. The van der Waals surface area contributed by atoms with E-state index in [4.69, 9.17) is 14.1 Å². The van der Waals surface area contributed by atoms with Crippen molar-refractivity contribution in [3.63, 3.8) is 0 Å². The van der Waals surface area contributed by atoms with Crippen LogP contribution in [0.3, 0.4) is 0 Å². The van der Waals surface area contributed by atoms with Crippen LogP contribution in [0.4, 0.5) is 0 Å². The summed E-state index contributed by atoms with van der Waals surface area (Å²) in [5.74, 6) is 1.20. The number of oxazole rings is 1. The smallest absolute Gasteiger partial charge is 0.199 e. The third-order valence-corrected chi connectivity index (χ3v) is 5.32. The van der Waals surface area contributed by atoms with Crippen molar-refractivity contribution >= 4 is 17.3 Å². The summed E-state index contributed by atoms with van der Waals surface area (Å²) in [4.78, 5) is 6.00. The molecule has 0 saturated carbocycles. The van der Waals surface area contributed by atoms with Crippen molar-refractivity contribution in [2.24, 2.45) is 0 Å². The molecule has 0 atom stereocenters. The number of nitrogens with zero attached hydrogens (tertiary/aromatic N) is 1. The van der Waals surface area contributed by atoms with Crippen molar-refractivity contribution in [2.45, 2.75) is 35.7 Å². The third-order valence-electron chi connectivity index (χ3n) is 4.35. The molecule has 6 heteroatoms. The summed E-state index contributed by atoms with van der Waals surface area (Å²) in [5.41, 5.74) is 9.47. The highest BCUT2D eigenvalue weighted by molar-refractivity contribution is 7.99. The zero-order valence-electron chi connectivity index (χ0n) is 13.7. The molecule has 2 N–H and O–H groups in total. The fourth-order valence-corrected chi connectivity index (χ4v) is 3.80. The van der Waals surface area contributed by atoms with Gasteiger partial charge in [-0.3, -0.25) is 0 Å². The Morgan fingerprint density at radius 2 is 1.96 bits per heavy atom.